The summed E-state index contributed by atoms with van der Waals surface area (Å²) in [6, 6.07) is 5.68. The SMILES string of the molecule is Nc1cc(NCCc2cccnc2)ncn1. The first kappa shape index (κ1) is 10.4. The molecule has 0 radical (unpaired) electrons. The van der Waals surface area contributed by atoms with Gasteiger partial charge in [-0.05, 0) is 18.1 Å². The van der Waals surface area contributed by atoms with Gasteiger partial charge in [0, 0.05) is 25.0 Å². The van der Waals surface area contributed by atoms with Crippen LogP contribution in [0.3, 0.4) is 0 Å². The summed E-state index contributed by atoms with van der Waals surface area (Å²) < 4.78 is 0. The molecule has 0 aliphatic carbocycles. The molecular weight excluding hydrogens is 202 g/mol. The lowest BCUT2D eigenvalue weighted by molar-refractivity contribution is 0.989. The number of nitrogens with zero attached hydrogens (tertiary/aromatic N) is 3. The number of nitrogens with two attached hydrogens (primary N) is 1. The van der Waals surface area contributed by atoms with Gasteiger partial charge in [-0.3, -0.25) is 4.98 Å². The van der Waals surface area contributed by atoms with Crippen molar-refractivity contribution in [3.05, 3.63) is 42.5 Å². The fourth-order valence-corrected chi connectivity index (χ4v) is 1.35. The first-order valence-electron chi connectivity index (χ1n) is 5.05. The molecule has 0 aliphatic rings. The molecule has 0 saturated heterocycles. The van der Waals surface area contributed by atoms with E-state index < -0.39 is 0 Å². The Bertz CT molecular complexity index is 443. The van der Waals surface area contributed by atoms with Gasteiger partial charge in [0.15, 0.2) is 0 Å². The highest BCUT2D eigenvalue weighted by Gasteiger charge is 1.95. The van der Waals surface area contributed by atoms with Crippen molar-refractivity contribution in [1.82, 2.24) is 15.0 Å². The maximum absolute atomic E-state index is 5.54. The minimum absolute atomic E-state index is 0.471. The van der Waals surface area contributed by atoms with E-state index in [1.165, 1.54) is 11.9 Å². The van der Waals surface area contributed by atoms with Crippen molar-refractivity contribution in [2.75, 3.05) is 17.6 Å². The summed E-state index contributed by atoms with van der Waals surface area (Å²) in [6.45, 7) is 0.794. The van der Waals surface area contributed by atoms with E-state index >= 15 is 0 Å². The van der Waals surface area contributed by atoms with Crippen molar-refractivity contribution in [3.8, 4) is 0 Å². The zero-order chi connectivity index (χ0) is 11.2. The van der Waals surface area contributed by atoms with Gasteiger partial charge in [-0.1, -0.05) is 6.07 Å². The van der Waals surface area contributed by atoms with E-state index in [2.05, 4.69) is 20.3 Å². The van der Waals surface area contributed by atoms with Crippen LogP contribution in [0.5, 0.6) is 0 Å². The molecule has 3 N–H and O–H groups in total. The molecule has 0 spiro atoms. The highest BCUT2D eigenvalue weighted by molar-refractivity contribution is 5.43. The number of nitrogens with one attached hydrogen (secondary N) is 1. The van der Waals surface area contributed by atoms with E-state index in [9.17, 15) is 0 Å². The normalized spacial score (nSPS) is 10.0. The predicted octanol–water partition coefficient (Wildman–Crippen LogP) is 1.11. The van der Waals surface area contributed by atoms with Gasteiger partial charge < -0.3 is 11.1 Å². The zero-order valence-electron chi connectivity index (χ0n) is 8.80. The number of pyridine rings is 1. The van der Waals surface area contributed by atoms with Crippen LogP contribution in [0.25, 0.3) is 0 Å². The summed E-state index contributed by atoms with van der Waals surface area (Å²) in [4.78, 5) is 11.9. The Hall–Kier alpha value is -2.17. The van der Waals surface area contributed by atoms with Gasteiger partial charge in [0.2, 0.25) is 0 Å². The fourth-order valence-electron chi connectivity index (χ4n) is 1.35. The standard InChI is InChI=1S/C11H13N5/c12-10-6-11(16-8-15-10)14-5-3-9-2-1-4-13-7-9/h1-2,4,6-8H,3,5H2,(H3,12,14,15,16). The number of anilines is 2. The Balaban J connectivity index is 1.85. The number of rotatable bonds is 4. The molecule has 0 amide bonds. The molecule has 5 nitrogen and oxygen atoms in total. The molecule has 2 aromatic rings. The largest absolute Gasteiger partial charge is 0.384 e. The second-order valence-corrected chi connectivity index (χ2v) is 3.37. The smallest absolute Gasteiger partial charge is 0.131 e. The summed E-state index contributed by atoms with van der Waals surface area (Å²) in [5, 5.41) is 3.18. The van der Waals surface area contributed by atoms with Crippen molar-refractivity contribution >= 4 is 11.6 Å². The molecule has 2 aromatic heterocycles. The van der Waals surface area contributed by atoms with Crippen molar-refractivity contribution < 1.29 is 0 Å². The molecule has 5 heteroatoms. The van der Waals surface area contributed by atoms with E-state index in [0.717, 1.165) is 18.8 Å². The number of hydrogen-bond acceptors (Lipinski definition) is 5. The van der Waals surface area contributed by atoms with Gasteiger partial charge in [-0.25, -0.2) is 9.97 Å². The first-order chi connectivity index (χ1) is 7.84. The topological polar surface area (TPSA) is 76.7 Å². The Morgan fingerprint density at radius 2 is 2.25 bits per heavy atom. The second kappa shape index (κ2) is 5.06. The van der Waals surface area contributed by atoms with E-state index in [1.807, 2.05) is 18.3 Å². The van der Waals surface area contributed by atoms with Crippen molar-refractivity contribution in [2.45, 2.75) is 6.42 Å². The molecule has 0 aromatic carbocycles. The minimum atomic E-state index is 0.471. The summed E-state index contributed by atoms with van der Waals surface area (Å²) >= 11 is 0. The van der Waals surface area contributed by atoms with Crippen LogP contribution in [0.15, 0.2) is 36.9 Å². The van der Waals surface area contributed by atoms with Crippen LogP contribution in [-0.2, 0) is 6.42 Å². The Morgan fingerprint density at radius 3 is 3.00 bits per heavy atom. The van der Waals surface area contributed by atoms with Crippen molar-refractivity contribution in [1.29, 1.82) is 0 Å². The van der Waals surface area contributed by atoms with Gasteiger partial charge in [0.1, 0.15) is 18.0 Å². The van der Waals surface area contributed by atoms with Gasteiger partial charge >= 0.3 is 0 Å². The summed E-state index contributed by atoms with van der Waals surface area (Å²) in [7, 11) is 0. The average molecular weight is 215 g/mol. The van der Waals surface area contributed by atoms with Crippen LogP contribution < -0.4 is 11.1 Å². The molecular formula is C11H13N5. The van der Waals surface area contributed by atoms with Crippen LogP contribution in [0.1, 0.15) is 5.56 Å². The molecule has 2 heterocycles. The molecule has 0 bridgehead atoms. The van der Waals surface area contributed by atoms with Gasteiger partial charge in [0.25, 0.3) is 0 Å². The van der Waals surface area contributed by atoms with E-state index in [-0.39, 0.29) is 0 Å². The van der Waals surface area contributed by atoms with Crippen LogP contribution in [-0.4, -0.2) is 21.5 Å². The maximum Gasteiger partial charge on any atom is 0.131 e. The third kappa shape index (κ3) is 2.91. The van der Waals surface area contributed by atoms with Gasteiger partial charge in [-0.15, -0.1) is 0 Å². The molecule has 0 unspecified atom stereocenters. The van der Waals surface area contributed by atoms with Crippen LogP contribution >= 0.6 is 0 Å². The quantitative estimate of drug-likeness (QED) is 0.798. The second-order valence-electron chi connectivity index (χ2n) is 3.37. The lowest BCUT2D eigenvalue weighted by atomic mass is 10.2. The fraction of sp³-hybridized carbons (Fsp3) is 0.182. The molecule has 0 fully saturated rings. The minimum Gasteiger partial charge on any atom is -0.384 e. The van der Waals surface area contributed by atoms with E-state index in [0.29, 0.717) is 5.82 Å². The summed E-state index contributed by atoms with van der Waals surface area (Å²) in [6.07, 6.45) is 5.97. The lowest BCUT2D eigenvalue weighted by Crippen LogP contribution is -2.07. The van der Waals surface area contributed by atoms with Crippen LogP contribution in [0.4, 0.5) is 11.6 Å². The predicted molar refractivity (Wildman–Crippen MR) is 62.9 cm³/mol. The lowest BCUT2D eigenvalue weighted by Gasteiger charge is -2.05. The molecule has 0 saturated carbocycles. The Morgan fingerprint density at radius 1 is 1.31 bits per heavy atom. The highest BCUT2D eigenvalue weighted by Crippen LogP contribution is 2.05. The maximum atomic E-state index is 5.54. The Labute approximate surface area is 93.8 Å². The third-order valence-electron chi connectivity index (χ3n) is 2.13. The molecule has 0 atom stereocenters. The summed E-state index contributed by atoms with van der Waals surface area (Å²) in [5.41, 5.74) is 6.73. The Kier molecular flexibility index (Phi) is 3.28. The van der Waals surface area contributed by atoms with Crippen molar-refractivity contribution in [2.24, 2.45) is 0 Å². The van der Waals surface area contributed by atoms with E-state index in [1.54, 1.807) is 12.3 Å². The van der Waals surface area contributed by atoms with Crippen molar-refractivity contribution in [3.63, 3.8) is 0 Å². The molecule has 2 rings (SSSR count). The van der Waals surface area contributed by atoms with Crippen LogP contribution in [0.2, 0.25) is 0 Å². The van der Waals surface area contributed by atoms with Gasteiger partial charge in [-0.2, -0.15) is 0 Å². The first-order valence-corrected chi connectivity index (χ1v) is 5.05. The molecule has 82 valence electrons. The van der Waals surface area contributed by atoms with Crippen LogP contribution in [0, 0.1) is 0 Å². The molecule has 0 aliphatic heterocycles. The van der Waals surface area contributed by atoms with Gasteiger partial charge in [0.05, 0.1) is 0 Å². The number of hydrogen-bond donors (Lipinski definition) is 2. The summed E-state index contributed by atoms with van der Waals surface area (Å²) in [5.74, 6) is 1.22. The monoisotopic (exact) mass is 215 g/mol. The average Bonchev–Trinajstić information content (AvgIpc) is 2.30. The third-order valence-corrected chi connectivity index (χ3v) is 2.13. The number of aromatic nitrogens is 3. The highest BCUT2D eigenvalue weighted by atomic mass is 15.0. The number of nitrogen functional groups attached to an aromatic ring is 1. The molecule has 16 heavy (non-hydrogen) atoms. The van der Waals surface area contributed by atoms with E-state index in [4.69, 9.17) is 5.73 Å². The zero-order valence-corrected chi connectivity index (χ0v) is 8.80.